The van der Waals surface area contributed by atoms with Crippen LogP contribution in [0.5, 0.6) is 5.75 Å². The van der Waals surface area contributed by atoms with Gasteiger partial charge in [0.05, 0.1) is 5.75 Å². The number of hydrogen-bond donors (Lipinski definition) is 1. The Bertz CT molecular complexity index is 401. The molecule has 0 heterocycles. The van der Waals surface area contributed by atoms with Crippen LogP contribution in [-0.4, -0.2) is 23.4 Å². The second-order valence-corrected chi connectivity index (χ2v) is 4.44. The van der Waals surface area contributed by atoms with Crippen molar-refractivity contribution in [1.29, 1.82) is 0 Å². The Labute approximate surface area is 106 Å². The quantitative estimate of drug-likeness (QED) is 0.870. The summed E-state index contributed by atoms with van der Waals surface area (Å²) in [5, 5.41) is 8.85. The number of thioether (sulfide) groups is 1. The van der Waals surface area contributed by atoms with Crippen molar-refractivity contribution in [2.45, 2.75) is 12.4 Å². The Balaban J connectivity index is 2.72. The molecule has 1 aromatic carbocycles. The van der Waals surface area contributed by atoms with E-state index >= 15 is 0 Å². The molecule has 0 bridgehead atoms. The number of halogens is 3. The lowest BCUT2D eigenvalue weighted by atomic mass is 10.2. The summed E-state index contributed by atoms with van der Waals surface area (Å²) in [7, 11) is 0. The van der Waals surface area contributed by atoms with Crippen molar-refractivity contribution in [1.82, 2.24) is 0 Å². The van der Waals surface area contributed by atoms with E-state index in [1.165, 1.54) is 18.2 Å². The molecule has 0 fully saturated rings. The zero-order valence-corrected chi connectivity index (χ0v) is 10.1. The standard InChI is InChI=1S/C10H9ClF2O3S/c11-7-1-2-8(16-10(12)13)6(3-7)4-17-5-9(14)15/h1-3,10H,4-5H2,(H,14,15). The van der Waals surface area contributed by atoms with Crippen molar-refractivity contribution < 1.29 is 23.4 Å². The minimum atomic E-state index is -2.92. The summed E-state index contributed by atoms with van der Waals surface area (Å²) >= 11 is 6.81. The van der Waals surface area contributed by atoms with Crippen molar-refractivity contribution in [3.63, 3.8) is 0 Å². The Morgan fingerprint density at radius 1 is 1.53 bits per heavy atom. The molecule has 17 heavy (non-hydrogen) atoms. The van der Waals surface area contributed by atoms with Crippen LogP contribution in [0.25, 0.3) is 0 Å². The predicted molar refractivity (Wildman–Crippen MR) is 61.9 cm³/mol. The van der Waals surface area contributed by atoms with E-state index in [1.807, 2.05) is 0 Å². The van der Waals surface area contributed by atoms with Crippen LogP contribution in [0, 0.1) is 0 Å². The SMILES string of the molecule is O=C(O)CSCc1cc(Cl)ccc1OC(F)F. The molecule has 0 spiro atoms. The van der Waals surface area contributed by atoms with Gasteiger partial charge in [-0.15, -0.1) is 11.8 Å². The van der Waals surface area contributed by atoms with Crippen LogP contribution in [0.1, 0.15) is 5.56 Å². The number of carboxylic acid groups (broad SMARTS) is 1. The Hall–Kier alpha value is -1.01. The Morgan fingerprint density at radius 3 is 2.82 bits per heavy atom. The number of ether oxygens (including phenoxy) is 1. The van der Waals surface area contributed by atoms with Crippen LogP contribution in [0.3, 0.4) is 0 Å². The van der Waals surface area contributed by atoms with Gasteiger partial charge in [0.15, 0.2) is 0 Å². The lowest BCUT2D eigenvalue weighted by Gasteiger charge is -2.10. The Morgan fingerprint density at radius 2 is 2.24 bits per heavy atom. The van der Waals surface area contributed by atoms with E-state index < -0.39 is 12.6 Å². The maximum absolute atomic E-state index is 12.1. The van der Waals surface area contributed by atoms with E-state index in [4.69, 9.17) is 16.7 Å². The van der Waals surface area contributed by atoms with Gasteiger partial charge >= 0.3 is 12.6 Å². The van der Waals surface area contributed by atoms with Crippen LogP contribution >= 0.6 is 23.4 Å². The van der Waals surface area contributed by atoms with Crippen LogP contribution in [0.2, 0.25) is 5.02 Å². The lowest BCUT2D eigenvalue weighted by molar-refractivity contribution is -0.133. The fraction of sp³-hybridized carbons (Fsp3) is 0.300. The van der Waals surface area contributed by atoms with Gasteiger partial charge in [0.2, 0.25) is 0 Å². The third-order valence-corrected chi connectivity index (χ3v) is 2.92. The van der Waals surface area contributed by atoms with Gasteiger partial charge in [-0.25, -0.2) is 0 Å². The summed E-state index contributed by atoms with van der Waals surface area (Å²) < 4.78 is 28.5. The highest BCUT2D eigenvalue weighted by Crippen LogP contribution is 2.27. The highest BCUT2D eigenvalue weighted by atomic mass is 35.5. The van der Waals surface area contributed by atoms with Crippen molar-refractivity contribution in [3.8, 4) is 5.75 Å². The number of alkyl halides is 2. The topological polar surface area (TPSA) is 46.5 Å². The van der Waals surface area contributed by atoms with Gasteiger partial charge in [-0.3, -0.25) is 4.79 Å². The maximum Gasteiger partial charge on any atom is 0.387 e. The minimum Gasteiger partial charge on any atom is -0.481 e. The molecule has 0 aliphatic carbocycles. The summed E-state index contributed by atoms with van der Waals surface area (Å²) in [5.74, 6) is -0.814. The number of carbonyl (C=O) groups is 1. The fourth-order valence-electron chi connectivity index (χ4n) is 1.12. The molecule has 0 saturated carbocycles. The lowest BCUT2D eigenvalue weighted by Crippen LogP contribution is -2.04. The second kappa shape index (κ2) is 6.66. The molecule has 3 nitrogen and oxygen atoms in total. The highest BCUT2D eigenvalue weighted by Gasteiger charge is 2.10. The molecule has 0 atom stereocenters. The summed E-state index contributed by atoms with van der Waals surface area (Å²) in [6.45, 7) is -2.92. The summed E-state index contributed by atoms with van der Waals surface area (Å²) in [6, 6.07) is 4.25. The normalized spacial score (nSPS) is 10.6. The van der Waals surface area contributed by atoms with Gasteiger partial charge in [0, 0.05) is 16.3 Å². The maximum atomic E-state index is 12.1. The van der Waals surface area contributed by atoms with Crippen molar-refractivity contribution in [3.05, 3.63) is 28.8 Å². The first-order valence-electron chi connectivity index (χ1n) is 4.52. The molecule has 0 aliphatic heterocycles. The van der Waals surface area contributed by atoms with Gasteiger partial charge in [0.25, 0.3) is 0 Å². The van der Waals surface area contributed by atoms with Gasteiger partial charge in [-0.1, -0.05) is 11.6 Å². The van der Waals surface area contributed by atoms with Crippen LogP contribution in [0.15, 0.2) is 18.2 Å². The van der Waals surface area contributed by atoms with Crippen LogP contribution < -0.4 is 4.74 Å². The zero-order chi connectivity index (χ0) is 12.8. The molecular formula is C10H9ClF2O3S. The molecule has 0 aromatic heterocycles. The van der Waals surface area contributed by atoms with E-state index in [0.29, 0.717) is 10.6 Å². The molecule has 0 radical (unpaired) electrons. The van der Waals surface area contributed by atoms with Gasteiger partial charge in [-0.05, 0) is 18.2 Å². The predicted octanol–water partition coefficient (Wildman–Crippen LogP) is 3.26. The van der Waals surface area contributed by atoms with Gasteiger partial charge in [0.1, 0.15) is 5.75 Å². The summed E-state index contributed by atoms with van der Waals surface area (Å²) in [5.41, 5.74) is 0.448. The number of hydrogen-bond acceptors (Lipinski definition) is 3. The largest absolute Gasteiger partial charge is 0.481 e. The highest BCUT2D eigenvalue weighted by molar-refractivity contribution is 7.99. The average molecular weight is 283 g/mol. The summed E-state index contributed by atoms with van der Waals surface area (Å²) in [6.07, 6.45) is 0. The van der Waals surface area contributed by atoms with E-state index in [0.717, 1.165) is 11.8 Å². The molecule has 0 saturated heterocycles. The Kier molecular flexibility index (Phi) is 5.50. The monoisotopic (exact) mass is 282 g/mol. The van der Waals surface area contributed by atoms with E-state index in [1.54, 1.807) is 0 Å². The third-order valence-electron chi connectivity index (χ3n) is 1.72. The van der Waals surface area contributed by atoms with Crippen LogP contribution in [-0.2, 0) is 10.5 Å². The van der Waals surface area contributed by atoms with Crippen LogP contribution in [0.4, 0.5) is 8.78 Å². The van der Waals surface area contributed by atoms with Crippen molar-refractivity contribution >= 4 is 29.3 Å². The molecular weight excluding hydrogens is 274 g/mol. The third kappa shape index (κ3) is 5.23. The number of carboxylic acids is 1. The molecule has 1 aromatic rings. The van der Waals surface area contributed by atoms with Gasteiger partial charge < -0.3 is 9.84 Å². The molecule has 0 aliphatic rings. The minimum absolute atomic E-state index is 0.0160. The molecule has 7 heteroatoms. The molecule has 1 N–H and O–H groups in total. The molecule has 0 unspecified atom stereocenters. The molecule has 1 rings (SSSR count). The van der Waals surface area contributed by atoms with E-state index in [-0.39, 0.29) is 17.3 Å². The number of benzene rings is 1. The first kappa shape index (κ1) is 14.1. The van der Waals surface area contributed by atoms with E-state index in [2.05, 4.69) is 4.74 Å². The zero-order valence-electron chi connectivity index (χ0n) is 8.53. The first-order chi connectivity index (χ1) is 7.99. The first-order valence-corrected chi connectivity index (χ1v) is 6.05. The number of rotatable bonds is 6. The molecule has 0 amide bonds. The second-order valence-electron chi connectivity index (χ2n) is 3.02. The average Bonchev–Trinajstić information content (AvgIpc) is 2.21. The molecule has 94 valence electrons. The van der Waals surface area contributed by atoms with Gasteiger partial charge in [-0.2, -0.15) is 8.78 Å². The summed E-state index contributed by atoms with van der Waals surface area (Å²) in [4.78, 5) is 10.3. The van der Waals surface area contributed by atoms with Crippen molar-refractivity contribution in [2.75, 3.05) is 5.75 Å². The van der Waals surface area contributed by atoms with Crippen molar-refractivity contribution in [2.24, 2.45) is 0 Å². The number of aliphatic carboxylic acids is 1. The smallest absolute Gasteiger partial charge is 0.387 e. The fourth-order valence-corrected chi connectivity index (χ4v) is 2.04. The van der Waals surface area contributed by atoms with E-state index in [9.17, 15) is 13.6 Å².